The van der Waals surface area contributed by atoms with Gasteiger partial charge in [0.05, 0.1) is 17.7 Å². The number of benzene rings is 1. The Hall–Kier alpha value is -2.85. The van der Waals surface area contributed by atoms with E-state index in [1.807, 2.05) is 0 Å². The molecular weight excluding hydrogens is 327 g/mol. The predicted octanol–water partition coefficient (Wildman–Crippen LogP) is 3.29. The number of hydrogen-bond donors (Lipinski definition) is 1. The van der Waals surface area contributed by atoms with Crippen molar-refractivity contribution in [3.05, 3.63) is 51.5 Å². The molecule has 2 aromatic rings. The summed E-state index contributed by atoms with van der Waals surface area (Å²) in [6.07, 6.45) is 0. The van der Waals surface area contributed by atoms with Crippen LogP contribution in [0.2, 0.25) is 5.02 Å². The third kappa shape index (κ3) is 3.03. The van der Waals surface area contributed by atoms with Gasteiger partial charge in [-0.1, -0.05) is 17.7 Å². The van der Waals surface area contributed by atoms with Gasteiger partial charge in [0.15, 0.2) is 0 Å². The fraction of sp³-hybridized carbons (Fsp3) is 0.133. The zero-order valence-electron chi connectivity index (χ0n) is 12.1. The van der Waals surface area contributed by atoms with Crippen LogP contribution in [0.5, 0.6) is 0 Å². The molecular formula is C15H10ClFN2O4. The summed E-state index contributed by atoms with van der Waals surface area (Å²) in [6, 6.07) is 5.51. The van der Waals surface area contributed by atoms with Gasteiger partial charge < -0.3 is 9.15 Å². The van der Waals surface area contributed by atoms with Crippen LogP contribution < -0.4 is 5.32 Å². The highest BCUT2D eigenvalue weighted by Gasteiger charge is 2.26. The van der Waals surface area contributed by atoms with E-state index in [4.69, 9.17) is 16.0 Å². The minimum atomic E-state index is -0.908. The van der Waals surface area contributed by atoms with Gasteiger partial charge in [-0.05, 0) is 19.1 Å². The third-order valence-corrected chi connectivity index (χ3v) is 3.32. The number of carbonyl (C=O) groups is 2. The molecule has 0 aliphatic rings. The zero-order chi connectivity index (χ0) is 17.1. The van der Waals surface area contributed by atoms with Crippen LogP contribution in [-0.4, -0.2) is 19.0 Å². The fourth-order valence-corrected chi connectivity index (χ4v) is 2.22. The van der Waals surface area contributed by atoms with Crippen LogP contribution in [0, 0.1) is 24.1 Å². The second-order valence-corrected chi connectivity index (χ2v) is 4.80. The van der Waals surface area contributed by atoms with Gasteiger partial charge >= 0.3 is 5.97 Å². The Kier molecular flexibility index (Phi) is 4.67. The lowest BCUT2D eigenvalue weighted by Crippen LogP contribution is -2.15. The summed E-state index contributed by atoms with van der Waals surface area (Å²) in [5.41, 5.74) is -0.716. The molecule has 0 radical (unpaired) electrons. The number of hydrogen-bond acceptors (Lipinski definition) is 5. The predicted molar refractivity (Wildman–Crippen MR) is 78.9 cm³/mol. The Labute approximate surface area is 135 Å². The normalized spacial score (nSPS) is 10.0. The molecule has 0 saturated carbocycles. The van der Waals surface area contributed by atoms with Crippen LogP contribution in [0.3, 0.4) is 0 Å². The third-order valence-electron chi connectivity index (χ3n) is 3.00. The maximum atomic E-state index is 13.7. The van der Waals surface area contributed by atoms with Gasteiger partial charge in [0.25, 0.3) is 5.91 Å². The van der Waals surface area contributed by atoms with Gasteiger partial charge in [-0.25, -0.2) is 9.18 Å². The van der Waals surface area contributed by atoms with Crippen molar-refractivity contribution in [1.29, 1.82) is 5.26 Å². The number of carbonyl (C=O) groups excluding carboxylic acids is 2. The van der Waals surface area contributed by atoms with Crippen molar-refractivity contribution in [2.24, 2.45) is 0 Å². The number of amides is 1. The highest BCUT2D eigenvalue weighted by Crippen LogP contribution is 2.28. The Bertz CT molecular complexity index is 818. The van der Waals surface area contributed by atoms with Gasteiger partial charge in [-0.2, -0.15) is 5.26 Å². The zero-order valence-corrected chi connectivity index (χ0v) is 12.8. The smallest absolute Gasteiger partial charge is 0.342 e. The van der Waals surface area contributed by atoms with Gasteiger partial charge in [-0.15, -0.1) is 0 Å². The van der Waals surface area contributed by atoms with E-state index < -0.39 is 23.3 Å². The lowest BCUT2D eigenvalue weighted by atomic mass is 10.1. The number of nitriles is 1. The molecule has 0 spiro atoms. The average Bonchev–Trinajstić information content (AvgIpc) is 2.81. The number of furan rings is 1. The van der Waals surface area contributed by atoms with E-state index in [0.717, 1.165) is 13.2 Å². The molecule has 1 heterocycles. The van der Waals surface area contributed by atoms with Gasteiger partial charge in [0, 0.05) is 0 Å². The molecule has 1 aromatic heterocycles. The van der Waals surface area contributed by atoms with E-state index in [0.29, 0.717) is 0 Å². The molecule has 0 atom stereocenters. The molecule has 1 N–H and O–H groups in total. The van der Waals surface area contributed by atoms with Crippen LogP contribution in [-0.2, 0) is 4.74 Å². The number of anilines is 1. The summed E-state index contributed by atoms with van der Waals surface area (Å²) < 4.78 is 23.5. The summed E-state index contributed by atoms with van der Waals surface area (Å²) in [5, 5.41) is 11.3. The van der Waals surface area contributed by atoms with Crippen LogP contribution in [0.15, 0.2) is 22.6 Å². The monoisotopic (exact) mass is 336 g/mol. The summed E-state index contributed by atoms with van der Waals surface area (Å²) in [4.78, 5) is 23.8. The molecule has 0 saturated heterocycles. The Balaban J connectivity index is 2.44. The number of methoxy groups -OCH3 is 1. The molecule has 6 nitrogen and oxygen atoms in total. The Morgan fingerprint density at radius 3 is 2.65 bits per heavy atom. The SMILES string of the molecule is COC(=O)c1c(C)oc(NC(=O)c2c(F)cccc2Cl)c1C#N. The summed E-state index contributed by atoms with van der Waals surface area (Å²) >= 11 is 5.80. The van der Waals surface area contributed by atoms with Crippen molar-refractivity contribution in [3.8, 4) is 6.07 Å². The van der Waals surface area contributed by atoms with E-state index >= 15 is 0 Å². The highest BCUT2D eigenvalue weighted by atomic mass is 35.5. The fourth-order valence-electron chi connectivity index (χ4n) is 1.97. The summed E-state index contributed by atoms with van der Waals surface area (Å²) in [5.74, 6) is -2.72. The lowest BCUT2D eigenvalue weighted by molar-refractivity contribution is 0.0598. The van der Waals surface area contributed by atoms with Crippen LogP contribution in [0.4, 0.5) is 10.3 Å². The lowest BCUT2D eigenvalue weighted by Gasteiger charge is -2.05. The van der Waals surface area contributed by atoms with E-state index in [1.165, 1.54) is 19.1 Å². The van der Waals surface area contributed by atoms with E-state index in [1.54, 1.807) is 6.07 Å². The van der Waals surface area contributed by atoms with E-state index in [2.05, 4.69) is 10.1 Å². The standard InChI is InChI=1S/C15H10ClFN2O4/c1-7-11(15(21)22-2)8(6-18)14(23-7)19-13(20)12-9(16)4-3-5-10(12)17/h3-5H,1-2H3,(H,19,20). The molecule has 0 aliphatic heterocycles. The number of halogens is 2. The van der Waals surface area contributed by atoms with Crippen molar-refractivity contribution in [2.45, 2.75) is 6.92 Å². The molecule has 1 amide bonds. The topological polar surface area (TPSA) is 92.3 Å². The highest BCUT2D eigenvalue weighted by molar-refractivity contribution is 6.34. The maximum absolute atomic E-state index is 13.7. The molecule has 0 unspecified atom stereocenters. The van der Waals surface area contributed by atoms with Gasteiger partial charge in [-0.3, -0.25) is 10.1 Å². The molecule has 8 heteroatoms. The number of nitrogens with zero attached hydrogens (tertiary/aromatic N) is 1. The Morgan fingerprint density at radius 1 is 1.39 bits per heavy atom. The van der Waals surface area contributed by atoms with E-state index in [-0.39, 0.29) is 27.8 Å². The average molecular weight is 337 g/mol. The van der Waals surface area contributed by atoms with Crippen LogP contribution in [0.25, 0.3) is 0 Å². The van der Waals surface area contributed by atoms with Gasteiger partial charge in [0.2, 0.25) is 5.88 Å². The second-order valence-electron chi connectivity index (χ2n) is 4.39. The molecule has 0 fully saturated rings. The minimum Gasteiger partial charge on any atom is -0.465 e. The Morgan fingerprint density at radius 2 is 2.09 bits per heavy atom. The summed E-state index contributed by atoms with van der Waals surface area (Å²) in [7, 11) is 1.15. The molecule has 118 valence electrons. The number of nitrogens with one attached hydrogen (secondary N) is 1. The first-order valence-corrected chi connectivity index (χ1v) is 6.65. The summed E-state index contributed by atoms with van der Waals surface area (Å²) in [6.45, 7) is 1.43. The number of rotatable bonds is 3. The first-order chi connectivity index (χ1) is 10.9. The first kappa shape index (κ1) is 16.5. The molecule has 1 aromatic carbocycles. The molecule has 0 bridgehead atoms. The van der Waals surface area contributed by atoms with Crippen molar-refractivity contribution >= 4 is 29.4 Å². The minimum absolute atomic E-state index is 0.0864. The van der Waals surface area contributed by atoms with Gasteiger partial charge in [0.1, 0.15) is 28.8 Å². The number of aryl methyl sites for hydroxylation is 1. The number of esters is 1. The van der Waals surface area contributed by atoms with E-state index in [9.17, 15) is 19.2 Å². The molecule has 2 rings (SSSR count). The van der Waals surface area contributed by atoms with Crippen molar-refractivity contribution < 1.29 is 23.1 Å². The maximum Gasteiger partial charge on any atom is 0.342 e. The second kappa shape index (κ2) is 6.50. The van der Waals surface area contributed by atoms with Crippen molar-refractivity contribution in [2.75, 3.05) is 12.4 Å². The van der Waals surface area contributed by atoms with Crippen molar-refractivity contribution in [3.63, 3.8) is 0 Å². The number of ether oxygens (including phenoxy) is 1. The van der Waals surface area contributed by atoms with Crippen molar-refractivity contribution in [1.82, 2.24) is 0 Å². The molecule has 23 heavy (non-hydrogen) atoms. The quantitative estimate of drug-likeness (QED) is 0.868. The largest absolute Gasteiger partial charge is 0.465 e. The first-order valence-electron chi connectivity index (χ1n) is 6.27. The van der Waals surface area contributed by atoms with Crippen LogP contribution >= 0.6 is 11.6 Å². The van der Waals surface area contributed by atoms with Crippen LogP contribution in [0.1, 0.15) is 32.0 Å². The molecule has 0 aliphatic carbocycles.